The maximum Gasteiger partial charge on any atom is 0.316 e. The van der Waals surface area contributed by atoms with Crippen molar-refractivity contribution in [3.8, 4) is 0 Å². The number of carbonyl (C=O) groups excluding carboxylic acids is 1. The van der Waals surface area contributed by atoms with Crippen LogP contribution in [0.5, 0.6) is 0 Å². The molecule has 0 aromatic carbocycles. The van der Waals surface area contributed by atoms with Crippen LogP contribution in [0.4, 0.5) is 0 Å². The highest BCUT2D eigenvalue weighted by Crippen LogP contribution is 2.26. The van der Waals surface area contributed by atoms with Crippen molar-refractivity contribution in [1.82, 2.24) is 5.32 Å². The minimum atomic E-state index is -1.06. The third kappa shape index (κ3) is 5.96. The fourth-order valence-electron chi connectivity index (χ4n) is 1.57. The Hall–Kier alpha value is -0.710. The Morgan fingerprint density at radius 1 is 1.35 bits per heavy atom. The molecule has 5 heteroatoms. The largest absolute Gasteiger partial charge is 0.481 e. The molecule has 0 aliphatic heterocycles. The molecule has 2 unspecified atom stereocenters. The van der Waals surface area contributed by atoms with E-state index in [1.807, 2.05) is 13.2 Å². The third-order valence-corrected chi connectivity index (χ3v) is 3.16. The third-order valence-electron chi connectivity index (χ3n) is 2.52. The second kappa shape index (κ2) is 6.89. The van der Waals surface area contributed by atoms with E-state index < -0.39 is 23.2 Å². The zero-order valence-corrected chi connectivity index (χ0v) is 12.1. The van der Waals surface area contributed by atoms with Crippen LogP contribution in [0.3, 0.4) is 0 Å². The van der Waals surface area contributed by atoms with E-state index in [0.29, 0.717) is 0 Å². The number of rotatable bonds is 6. The van der Waals surface area contributed by atoms with Crippen LogP contribution in [0.25, 0.3) is 0 Å². The quantitative estimate of drug-likeness (QED) is 0.718. The van der Waals surface area contributed by atoms with Gasteiger partial charge in [0.1, 0.15) is 5.92 Å². The Labute approximate surface area is 108 Å². The molecule has 0 radical (unpaired) electrons. The first kappa shape index (κ1) is 16.3. The first-order chi connectivity index (χ1) is 7.70. The predicted molar refractivity (Wildman–Crippen MR) is 71.2 cm³/mol. The fourth-order valence-corrected chi connectivity index (χ4v) is 2.16. The van der Waals surface area contributed by atoms with Crippen molar-refractivity contribution in [1.29, 1.82) is 0 Å². The molecule has 0 fully saturated rings. The molecule has 0 rings (SSSR count). The van der Waals surface area contributed by atoms with Gasteiger partial charge < -0.3 is 10.4 Å². The Balaban J connectivity index is 4.50. The van der Waals surface area contributed by atoms with Gasteiger partial charge in [-0.3, -0.25) is 9.59 Å². The molecule has 0 heterocycles. The van der Waals surface area contributed by atoms with Gasteiger partial charge in [0.05, 0.1) is 0 Å². The van der Waals surface area contributed by atoms with E-state index in [2.05, 4.69) is 5.32 Å². The van der Waals surface area contributed by atoms with E-state index in [0.717, 1.165) is 12.2 Å². The SMILES string of the molecule is CSCCC(C)NC(=O)C(C(=O)O)C(C)(C)C. The van der Waals surface area contributed by atoms with Crippen molar-refractivity contribution in [2.24, 2.45) is 11.3 Å². The zero-order valence-electron chi connectivity index (χ0n) is 11.2. The van der Waals surface area contributed by atoms with E-state index in [9.17, 15) is 9.59 Å². The van der Waals surface area contributed by atoms with Gasteiger partial charge in [0.2, 0.25) is 5.91 Å². The first-order valence-electron chi connectivity index (χ1n) is 5.72. The summed E-state index contributed by atoms with van der Waals surface area (Å²) in [6.07, 6.45) is 2.85. The van der Waals surface area contributed by atoms with Gasteiger partial charge in [0.25, 0.3) is 0 Å². The topological polar surface area (TPSA) is 66.4 Å². The van der Waals surface area contributed by atoms with Crippen LogP contribution in [0.2, 0.25) is 0 Å². The van der Waals surface area contributed by atoms with Crippen molar-refractivity contribution in [3.05, 3.63) is 0 Å². The Kier molecular flexibility index (Phi) is 6.60. The van der Waals surface area contributed by atoms with Gasteiger partial charge in [0.15, 0.2) is 0 Å². The maximum atomic E-state index is 11.9. The predicted octanol–water partition coefficient (Wildman–Crippen LogP) is 1.99. The molecule has 2 N–H and O–H groups in total. The highest BCUT2D eigenvalue weighted by Gasteiger charge is 2.37. The molecule has 17 heavy (non-hydrogen) atoms. The summed E-state index contributed by atoms with van der Waals surface area (Å²) in [6, 6.07) is 0.0131. The average molecular weight is 261 g/mol. The number of thioether (sulfide) groups is 1. The summed E-state index contributed by atoms with van der Waals surface area (Å²) in [4.78, 5) is 23.0. The van der Waals surface area contributed by atoms with E-state index >= 15 is 0 Å². The molecular weight excluding hydrogens is 238 g/mol. The van der Waals surface area contributed by atoms with Gasteiger partial charge in [-0.25, -0.2) is 0 Å². The number of carboxylic acid groups (broad SMARTS) is 1. The highest BCUT2D eigenvalue weighted by atomic mass is 32.2. The smallest absolute Gasteiger partial charge is 0.316 e. The van der Waals surface area contributed by atoms with Gasteiger partial charge >= 0.3 is 5.97 Å². The number of carbonyl (C=O) groups is 2. The minimum Gasteiger partial charge on any atom is -0.481 e. The zero-order chi connectivity index (χ0) is 13.6. The molecular formula is C12H23NO3S. The lowest BCUT2D eigenvalue weighted by Gasteiger charge is -2.27. The van der Waals surface area contributed by atoms with Gasteiger partial charge in [0, 0.05) is 6.04 Å². The van der Waals surface area contributed by atoms with Gasteiger partial charge in [-0.1, -0.05) is 20.8 Å². The van der Waals surface area contributed by atoms with Gasteiger partial charge in [-0.2, -0.15) is 11.8 Å². The molecule has 0 aliphatic rings. The molecule has 0 saturated heterocycles. The Morgan fingerprint density at radius 2 is 1.88 bits per heavy atom. The van der Waals surface area contributed by atoms with Crippen LogP contribution in [-0.4, -0.2) is 35.0 Å². The first-order valence-corrected chi connectivity index (χ1v) is 7.11. The molecule has 0 saturated carbocycles. The monoisotopic (exact) mass is 261 g/mol. The molecule has 2 atom stereocenters. The van der Waals surface area contributed by atoms with Crippen LogP contribution in [0.15, 0.2) is 0 Å². The number of aliphatic carboxylic acids is 1. The van der Waals surface area contributed by atoms with E-state index in [1.165, 1.54) is 0 Å². The van der Waals surface area contributed by atoms with E-state index in [4.69, 9.17) is 5.11 Å². The number of hydrogen-bond donors (Lipinski definition) is 2. The molecule has 100 valence electrons. The number of nitrogens with one attached hydrogen (secondary N) is 1. The highest BCUT2D eigenvalue weighted by molar-refractivity contribution is 7.98. The lowest BCUT2D eigenvalue weighted by molar-refractivity contribution is -0.151. The van der Waals surface area contributed by atoms with Crippen molar-refractivity contribution in [2.45, 2.75) is 40.2 Å². The fraction of sp³-hybridized carbons (Fsp3) is 0.833. The molecule has 0 spiro atoms. The molecule has 4 nitrogen and oxygen atoms in total. The average Bonchev–Trinajstić information content (AvgIpc) is 2.11. The summed E-state index contributed by atoms with van der Waals surface area (Å²) in [6.45, 7) is 7.18. The summed E-state index contributed by atoms with van der Waals surface area (Å²) < 4.78 is 0. The lowest BCUT2D eigenvalue weighted by atomic mass is 9.80. The molecule has 1 amide bonds. The molecule has 0 bridgehead atoms. The summed E-state index contributed by atoms with van der Waals surface area (Å²) >= 11 is 1.71. The summed E-state index contributed by atoms with van der Waals surface area (Å²) in [5.74, 6) is -1.50. The normalized spacial score (nSPS) is 15.1. The van der Waals surface area contributed by atoms with Gasteiger partial charge in [-0.05, 0) is 30.8 Å². The number of carboxylic acids is 1. The van der Waals surface area contributed by atoms with Crippen LogP contribution in [0, 0.1) is 11.3 Å². The maximum absolute atomic E-state index is 11.9. The van der Waals surface area contributed by atoms with Crippen molar-refractivity contribution in [3.63, 3.8) is 0 Å². The van der Waals surface area contributed by atoms with E-state index in [1.54, 1.807) is 32.5 Å². The summed E-state index contributed by atoms with van der Waals surface area (Å²) in [7, 11) is 0. The van der Waals surface area contributed by atoms with Crippen LogP contribution < -0.4 is 5.32 Å². The second-order valence-corrected chi connectivity index (χ2v) is 6.31. The van der Waals surface area contributed by atoms with Crippen LogP contribution in [-0.2, 0) is 9.59 Å². The van der Waals surface area contributed by atoms with Crippen LogP contribution >= 0.6 is 11.8 Å². The van der Waals surface area contributed by atoms with Crippen LogP contribution in [0.1, 0.15) is 34.1 Å². The van der Waals surface area contributed by atoms with Crippen molar-refractivity contribution >= 4 is 23.6 Å². The second-order valence-electron chi connectivity index (χ2n) is 5.33. The molecule has 0 aromatic heterocycles. The van der Waals surface area contributed by atoms with Crippen molar-refractivity contribution < 1.29 is 14.7 Å². The Bertz CT molecular complexity index is 273. The number of amides is 1. The summed E-state index contributed by atoms with van der Waals surface area (Å²) in [5, 5.41) is 11.9. The lowest BCUT2D eigenvalue weighted by Crippen LogP contribution is -2.45. The summed E-state index contributed by atoms with van der Waals surface area (Å²) in [5.41, 5.74) is -0.574. The van der Waals surface area contributed by atoms with Crippen molar-refractivity contribution in [2.75, 3.05) is 12.0 Å². The number of hydrogen-bond acceptors (Lipinski definition) is 3. The minimum absolute atomic E-state index is 0.0131. The Morgan fingerprint density at radius 3 is 2.24 bits per heavy atom. The van der Waals surface area contributed by atoms with E-state index in [-0.39, 0.29) is 6.04 Å². The van der Waals surface area contributed by atoms with Gasteiger partial charge in [-0.15, -0.1) is 0 Å². The standard InChI is InChI=1S/C12H23NO3S/c1-8(6-7-17-5)13-10(14)9(11(15)16)12(2,3)4/h8-9H,6-7H2,1-5H3,(H,13,14)(H,15,16). The molecule has 0 aliphatic carbocycles. The molecule has 0 aromatic rings.